The van der Waals surface area contributed by atoms with Crippen molar-refractivity contribution in [2.24, 2.45) is 5.73 Å². The highest BCUT2D eigenvalue weighted by molar-refractivity contribution is 6.13. The average Bonchev–Trinajstić information content (AvgIpc) is 3.16. The summed E-state index contributed by atoms with van der Waals surface area (Å²) >= 11 is 0. The maximum atomic E-state index is 13.6. The Morgan fingerprint density at radius 3 is 2.50 bits per heavy atom. The minimum atomic E-state index is -4.80. The van der Waals surface area contributed by atoms with Crippen LogP contribution in [-0.2, 0) is 12.7 Å². The summed E-state index contributed by atoms with van der Waals surface area (Å²) in [5.41, 5.74) is 4.29. The summed E-state index contributed by atoms with van der Waals surface area (Å²) in [6.07, 6.45) is -0.682. The lowest BCUT2D eigenvalue weighted by Gasteiger charge is -2.10. The van der Waals surface area contributed by atoms with Crippen molar-refractivity contribution in [2.45, 2.75) is 12.7 Å². The summed E-state index contributed by atoms with van der Waals surface area (Å²) < 4.78 is 41.8. The number of hydrogen-bond acceptors (Lipinski definition) is 5. The number of halogens is 3. The quantitative estimate of drug-likeness (QED) is 0.494. The van der Waals surface area contributed by atoms with Gasteiger partial charge in [-0.05, 0) is 29.8 Å². The van der Waals surface area contributed by atoms with E-state index in [1.807, 2.05) is 0 Å². The van der Waals surface area contributed by atoms with Crippen molar-refractivity contribution in [1.82, 2.24) is 19.7 Å². The van der Waals surface area contributed by atoms with Gasteiger partial charge in [0.1, 0.15) is 5.69 Å². The van der Waals surface area contributed by atoms with E-state index in [0.29, 0.717) is 16.5 Å². The first kappa shape index (κ1) is 21.0. The van der Waals surface area contributed by atoms with Gasteiger partial charge in [0.15, 0.2) is 5.69 Å². The first-order valence-corrected chi connectivity index (χ1v) is 9.27. The van der Waals surface area contributed by atoms with E-state index >= 15 is 0 Å². The summed E-state index contributed by atoms with van der Waals surface area (Å²) in [5.74, 6) is -1.73. The van der Waals surface area contributed by atoms with Gasteiger partial charge in [-0.3, -0.25) is 19.3 Å². The number of alkyl halides is 3. The van der Waals surface area contributed by atoms with Crippen LogP contribution in [0.5, 0.6) is 0 Å². The molecule has 3 aromatic heterocycles. The largest absolute Gasteiger partial charge is 0.437 e. The van der Waals surface area contributed by atoms with Crippen LogP contribution < -0.4 is 11.1 Å². The molecule has 3 N–H and O–H groups in total. The van der Waals surface area contributed by atoms with Crippen LogP contribution in [0, 0.1) is 0 Å². The second-order valence-corrected chi connectivity index (χ2v) is 6.83. The van der Waals surface area contributed by atoms with E-state index in [1.54, 1.807) is 36.4 Å². The molecule has 11 heteroatoms. The molecule has 2 amide bonds. The molecule has 4 aromatic rings. The van der Waals surface area contributed by atoms with E-state index in [4.69, 9.17) is 5.73 Å². The molecule has 1 aromatic carbocycles. The third kappa shape index (κ3) is 4.26. The van der Waals surface area contributed by atoms with Crippen molar-refractivity contribution in [1.29, 1.82) is 0 Å². The van der Waals surface area contributed by atoms with Crippen LogP contribution in [0.1, 0.15) is 32.1 Å². The average molecular weight is 440 g/mol. The van der Waals surface area contributed by atoms with Gasteiger partial charge in [-0.2, -0.15) is 18.3 Å². The van der Waals surface area contributed by atoms with Crippen molar-refractivity contribution < 1.29 is 22.8 Å². The molecule has 162 valence electrons. The zero-order chi connectivity index (χ0) is 22.9. The number of para-hydroxylation sites is 1. The molecule has 0 fully saturated rings. The predicted octanol–water partition coefficient (Wildman–Crippen LogP) is 3.24. The van der Waals surface area contributed by atoms with Crippen molar-refractivity contribution in [3.05, 3.63) is 83.6 Å². The molecule has 3 heterocycles. The van der Waals surface area contributed by atoms with Crippen LogP contribution in [0.4, 0.5) is 18.9 Å². The topological polar surface area (TPSA) is 116 Å². The zero-order valence-electron chi connectivity index (χ0n) is 16.3. The van der Waals surface area contributed by atoms with Crippen LogP contribution in [0.2, 0.25) is 0 Å². The smallest absolute Gasteiger partial charge is 0.364 e. The monoisotopic (exact) mass is 440 g/mol. The second-order valence-electron chi connectivity index (χ2n) is 6.83. The maximum absolute atomic E-state index is 13.6. The van der Waals surface area contributed by atoms with Crippen LogP contribution in [0.15, 0.2) is 61.1 Å². The van der Waals surface area contributed by atoms with E-state index in [1.165, 1.54) is 12.4 Å². The molecule has 0 bridgehead atoms. The van der Waals surface area contributed by atoms with Crippen molar-refractivity contribution in [2.75, 3.05) is 5.32 Å². The maximum Gasteiger partial charge on any atom is 0.437 e. The lowest BCUT2D eigenvalue weighted by molar-refractivity contribution is -0.140. The van der Waals surface area contributed by atoms with E-state index in [0.717, 1.165) is 16.9 Å². The number of hydrogen-bond donors (Lipinski definition) is 2. The molecule has 0 saturated carbocycles. The Hall–Kier alpha value is -4.28. The number of carbonyl (C=O) groups is 2. The fourth-order valence-electron chi connectivity index (χ4n) is 3.16. The highest BCUT2D eigenvalue weighted by Gasteiger charge is 2.38. The van der Waals surface area contributed by atoms with Gasteiger partial charge in [-0.1, -0.05) is 18.2 Å². The standard InChI is InChI=1S/C21H15F3N6O2/c22-21(23,24)18-17(11-30(29-18)10-12-5-7-26-8-6-12)28-20(32)14-9-16(19(25)31)27-15-4-2-1-3-13(14)15/h1-9,11H,10H2,(H2,25,31)(H,28,32). The number of nitrogens with two attached hydrogens (primary N) is 1. The number of nitrogens with one attached hydrogen (secondary N) is 1. The molecular formula is C21H15F3N6O2. The molecular weight excluding hydrogens is 425 g/mol. The minimum Gasteiger partial charge on any atom is -0.364 e. The number of pyridine rings is 2. The summed E-state index contributed by atoms with van der Waals surface area (Å²) in [4.78, 5) is 32.5. The minimum absolute atomic E-state index is 0.0422. The van der Waals surface area contributed by atoms with Crippen LogP contribution in [0.3, 0.4) is 0 Å². The highest BCUT2D eigenvalue weighted by atomic mass is 19.4. The zero-order valence-corrected chi connectivity index (χ0v) is 16.3. The van der Waals surface area contributed by atoms with Gasteiger partial charge in [0.2, 0.25) is 0 Å². The van der Waals surface area contributed by atoms with Gasteiger partial charge < -0.3 is 11.1 Å². The fourth-order valence-corrected chi connectivity index (χ4v) is 3.16. The van der Waals surface area contributed by atoms with Crippen molar-refractivity contribution in [3.8, 4) is 0 Å². The molecule has 0 unspecified atom stereocenters. The van der Waals surface area contributed by atoms with Crippen molar-refractivity contribution in [3.63, 3.8) is 0 Å². The lowest BCUT2D eigenvalue weighted by atomic mass is 10.1. The summed E-state index contributed by atoms with van der Waals surface area (Å²) in [7, 11) is 0. The molecule has 0 spiro atoms. The van der Waals surface area contributed by atoms with Gasteiger partial charge in [-0.15, -0.1) is 0 Å². The number of anilines is 1. The van der Waals surface area contributed by atoms with Gasteiger partial charge >= 0.3 is 6.18 Å². The number of nitrogens with zero attached hydrogens (tertiary/aromatic N) is 4. The lowest BCUT2D eigenvalue weighted by Crippen LogP contribution is -2.19. The first-order valence-electron chi connectivity index (χ1n) is 9.27. The van der Waals surface area contributed by atoms with E-state index < -0.39 is 29.4 Å². The summed E-state index contributed by atoms with van der Waals surface area (Å²) in [5, 5.41) is 6.22. The first-order chi connectivity index (χ1) is 15.2. The molecule has 8 nitrogen and oxygen atoms in total. The van der Waals surface area contributed by atoms with E-state index in [2.05, 4.69) is 20.4 Å². The van der Waals surface area contributed by atoms with Crippen LogP contribution >= 0.6 is 0 Å². The Labute approximate surface area is 178 Å². The summed E-state index contributed by atoms with van der Waals surface area (Å²) in [6.45, 7) is 0.0471. The van der Waals surface area contributed by atoms with E-state index in [-0.39, 0.29) is 17.8 Å². The number of carbonyl (C=O) groups excluding carboxylic acids is 2. The summed E-state index contributed by atoms with van der Waals surface area (Å²) in [6, 6.07) is 10.8. The Bertz CT molecular complexity index is 1320. The molecule has 4 rings (SSSR count). The van der Waals surface area contributed by atoms with Gasteiger partial charge in [0.25, 0.3) is 11.8 Å². The Morgan fingerprint density at radius 2 is 1.81 bits per heavy atom. The molecule has 0 radical (unpaired) electrons. The third-order valence-electron chi connectivity index (χ3n) is 4.59. The number of rotatable bonds is 5. The Kier molecular flexibility index (Phi) is 5.31. The van der Waals surface area contributed by atoms with Gasteiger partial charge in [-0.25, -0.2) is 4.98 Å². The second kappa shape index (κ2) is 8.10. The predicted molar refractivity (Wildman–Crippen MR) is 109 cm³/mol. The van der Waals surface area contributed by atoms with Gasteiger partial charge in [0, 0.05) is 24.0 Å². The fraction of sp³-hybridized carbons (Fsp3) is 0.0952. The number of amides is 2. The number of primary amides is 1. The molecule has 0 aliphatic carbocycles. The number of fused-ring (bicyclic) bond motifs is 1. The van der Waals surface area contributed by atoms with Crippen molar-refractivity contribution >= 4 is 28.4 Å². The molecule has 32 heavy (non-hydrogen) atoms. The molecule has 0 aliphatic rings. The number of benzene rings is 1. The molecule has 0 aliphatic heterocycles. The Balaban J connectivity index is 1.72. The van der Waals surface area contributed by atoms with Gasteiger partial charge in [0.05, 0.1) is 23.3 Å². The SMILES string of the molecule is NC(=O)c1cc(C(=O)Nc2cn(Cc3ccncc3)nc2C(F)(F)F)c2ccccc2n1. The van der Waals surface area contributed by atoms with Crippen LogP contribution in [0.25, 0.3) is 10.9 Å². The Morgan fingerprint density at radius 1 is 1.09 bits per heavy atom. The van der Waals surface area contributed by atoms with Crippen LogP contribution in [-0.4, -0.2) is 31.6 Å². The molecule has 0 saturated heterocycles. The highest BCUT2D eigenvalue weighted by Crippen LogP contribution is 2.34. The normalized spacial score (nSPS) is 11.5. The van der Waals surface area contributed by atoms with E-state index in [9.17, 15) is 22.8 Å². The third-order valence-corrected chi connectivity index (χ3v) is 4.59. The number of aromatic nitrogens is 4. The molecule has 0 atom stereocenters.